The highest BCUT2D eigenvalue weighted by Crippen LogP contribution is 2.16. The summed E-state index contributed by atoms with van der Waals surface area (Å²) < 4.78 is 2.06. The number of aryl methyl sites for hydroxylation is 2. The quantitative estimate of drug-likeness (QED) is 0.895. The number of nitrogens with two attached hydrogens (primary N) is 1. The van der Waals surface area contributed by atoms with Crippen LogP contribution in [0.4, 0.5) is 0 Å². The third kappa shape index (κ3) is 3.24. The highest BCUT2D eigenvalue weighted by atomic mass is 15.3. The van der Waals surface area contributed by atoms with Crippen LogP contribution in [0.25, 0.3) is 5.69 Å². The molecule has 1 atom stereocenters. The first-order chi connectivity index (χ1) is 9.13. The minimum Gasteiger partial charge on any atom is -0.328 e. The SMILES string of the molecule is CCc1cc(CC)n(-c2cccc(CC(C)N)c2)n1. The molecule has 0 fully saturated rings. The van der Waals surface area contributed by atoms with E-state index in [0.717, 1.165) is 30.6 Å². The van der Waals surface area contributed by atoms with Crippen LogP contribution in [0.2, 0.25) is 0 Å². The molecule has 1 heterocycles. The zero-order valence-electron chi connectivity index (χ0n) is 12.1. The molecule has 0 aliphatic carbocycles. The summed E-state index contributed by atoms with van der Waals surface area (Å²) in [4.78, 5) is 0. The molecule has 2 N–H and O–H groups in total. The van der Waals surface area contributed by atoms with Crippen molar-refractivity contribution in [3.8, 4) is 5.69 Å². The normalized spacial score (nSPS) is 12.6. The van der Waals surface area contributed by atoms with Crippen LogP contribution in [0.1, 0.15) is 37.7 Å². The second-order valence-electron chi connectivity index (χ2n) is 5.10. The van der Waals surface area contributed by atoms with Crippen LogP contribution < -0.4 is 5.73 Å². The summed E-state index contributed by atoms with van der Waals surface area (Å²) in [5.41, 5.74) is 10.7. The van der Waals surface area contributed by atoms with Crippen LogP contribution in [-0.2, 0) is 19.3 Å². The van der Waals surface area contributed by atoms with Gasteiger partial charge in [0, 0.05) is 11.7 Å². The van der Waals surface area contributed by atoms with Gasteiger partial charge in [-0.05, 0) is 49.9 Å². The maximum atomic E-state index is 5.87. The van der Waals surface area contributed by atoms with E-state index in [1.807, 2.05) is 6.92 Å². The summed E-state index contributed by atoms with van der Waals surface area (Å²) in [6, 6.07) is 10.9. The number of benzene rings is 1. The molecule has 19 heavy (non-hydrogen) atoms. The van der Waals surface area contributed by atoms with E-state index in [1.54, 1.807) is 0 Å². The summed E-state index contributed by atoms with van der Waals surface area (Å²) in [5, 5.41) is 4.68. The number of aromatic nitrogens is 2. The van der Waals surface area contributed by atoms with Gasteiger partial charge in [-0.3, -0.25) is 0 Å². The Morgan fingerprint density at radius 2 is 2.00 bits per heavy atom. The number of rotatable bonds is 5. The van der Waals surface area contributed by atoms with Gasteiger partial charge >= 0.3 is 0 Å². The minimum atomic E-state index is 0.185. The predicted octanol–water partition coefficient (Wildman–Crippen LogP) is 2.89. The molecule has 0 bridgehead atoms. The molecule has 2 rings (SSSR count). The zero-order valence-corrected chi connectivity index (χ0v) is 12.1. The lowest BCUT2D eigenvalue weighted by Crippen LogP contribution is -2.17. The monoisotopic (exact) mass is 257 g/mol. The Balaban J connectivity index is 2.38. The second kappa shape index (κ2) is 6.02. The van der Waals surface area contributed by atoms with E-state index < -0.39 is 0 Å². The molecule has 1 aromatic heterocycles. The standard InChI is InChI=1S/C16H23N3/c1-4-14-11-15(5-2)19(18-14)16-8-6-7-13(10-16)9-12(3)17/h6-8,10-12H,4-5,9,17H2,1-3H3. The number of hydrogen-bond acceptors (Lipinski definition) is 2. The summed E-state index contributed by atoms with van der Waals surface area (Å²) in [5.74, 6) is 0. The lowest BCUT2D eigenvalue weighted by molar-refractivity contribution is 0.734. The molecule has 3 nitrogen and oxygen atoms in total. The second-order valence-corrected chi connectivity index (χ2v) is 5.10. The van der Waals surface area contributed by atoms with Crippen molar-refractivity contribution in [1.82, 2.24) is 9.78 Å². The molecule has 0 aliphatic rings. The highest BCUT2D eigenvalue weighted by Gasteiger charge is 2.08. The highest BCUT2D eigenvalue weighted by molar-refractivity contribution is 5.37. The number of nitrogens with zero attached hydrogens (tertiary/aromatic N) is 2. The van der Waals surface area contributed by atoms with E-state index in [-0.39, 0.29) is 6.04 Å². The van der Waals surface area contributed by atoms with Crippen molar-refractivity contribution in [3.63, 3.8) is 0 Å². The van der Waals surface area contributed by atoms with Crippen molar-refractivity contribution in [2.45, 2.75) is 46.1 Å². The van der Waals surface area contributed by atoms with Gasteiger partial charge < -0.3 is 5.73 Å². The average Bonchev–Trinajstić information content (AvgIpc) is 2.81. The van der Waals surface area contributed by atoms with Crippen molar-refractivity contribution in [2.75, 3.05) is 0 Å². The van der Waals surface area contributed by atoms with Crippen LogP contribution in [0, 0.1) is 0 Å². The Kier molecular flexibility index (Phi) is 4.38. The van der Waals surface area contributed by atoms with E-state index in [1.165, 1.54) is 11.3 Å². The third-order valence-electron chi connectivity index (χ3n) is 3.27. The Hall–Kier alpha value is -1.61. The molecule has 0 aliphatic heterocycles. The molecule has 0 saturated carbocycles. The van der Waals surface area contributed by atoms with E-state index in [0.29, 0.717) is 0 Å². The van der Waals surface area contributed by atoms with Crippen LogP contribution in [0.5, 0.6) is 0 Å². The maximum absolute atomic E-state index is 5.87. The van der Waals surface area contributed by atoms with E-state index in [4.69, 9.17) is 5.73 Å². The smallest absolute Gasteiger partial charge is 0.0651 e. The Labute approximate surface area is 115 Å². The van der Waals surface area contributed by atoms with Crippen LogP contribution >= 0.6 is 0 Å². The lowest BCUT2D eigenvalue weighted by atomic mass is 10.1. The van der Waals surface area contributed by atoms with Crippen molar-refractivity contribution in [3.05, 3.63) is 47.3 Å². The zero-order chi connectivity index (χ0) is 13.8. The molecule has 2 aromatic rings. The Morgan fingerprint density at radius 3 is 2.63 bits per heavy atom. The Bertz CT molecular complexity index is 541. The molecule has 0 spiro atoms. The summed E-state index contributed by atoms with van der Waals surface area (Å²) in [6.45, 7) is 6.34. The van der Waals surface area contributed by atoms with Gasteiger partial charge in [-0.25, -0.2) is 4.68 Å². The van der Waals surface area contributed by atoms with Crippen LogP contribution in [0.15, 0.2) is 30.3 Å². The van der Waals surface area contributed by atoms with Gasteiger partial charge in [0.1, 0.15) is 0 Å². The molecule has 0 amide bonds. The number of hydrogen-bond donors (Lipinski definition) is 1. The fourth-order valence-electron chi connectivity index (χ4n) is 2.31. The topological polar surface area (TPSA) is 43.8 Å². The molecular weight excluding hydrogens is 234 g/mol. The lowest BCUT2D eigenvalue weighted by Gasteiger charge is -2.09. The summed E-state index contributed by atoms with van der Waals surface area (Å²) in [7, 11) is 0. The molecule has 1 unspecified atom stereocenters. The van der Waals surface area contributed by atoms with Gasteiger partial charge in [0.05, 0.1) is 11.4 Å². The van der Waals surface area contributed by atoms with Crippen molar-refractivity contribution >= 4 is 0 Å². The minimum absolute atomic E-state index is 0.185. The molecule has 0 radical (unpaired) electrons. The van der Waals surface area contributed by atoms with Gasteiger partial charge in [0.2, 0.25) is 0 Å². The fraction of sp³-hybridized carbons (Fsp3) is 0.438. The molecule has 1 aromatic carbocycles. The Morgan fingerprint density at radius 1 is 1.21 bits per heavy atom. The van der Waals surface area contributed by atoms with Crippen molar-refractivity contribution in [1.29, 1.82) is 0 Å². The first-order valence-corrected chi connectivity index (χ1v) is 7.06. The summed E-state index contributed by atoms with van der Waals surface area (Å²) >= 11 is 0. The van der Waals surface area contributed by atoms with E-state index >= 15 is 0 Å². The van der Waals surface area contributed by atoms with Gasteiger partial charge in [-0.2, -0.15) is 5.10 Å². The van der Waals surface area contributed by atoms with Gasteiger partial charge in [-0.15, -0.1) is 0 Å². The molecule has 0 saturated heterocycles. The van der Waals surface area contributed by atoms with Gasteiger partial charge in [0.15, 0.2) is 0 Å². The molecule has 3 heteroatoms. The van der Waals surface area contributed by atoms with Crippen LogP contribution in [0.3, 0.4) is 0 Å². The van der Waals surface area contributed by atoms with E-state index in [9.17, 15) is 0 Å². The van der Waals surface area contributed by atoms with Crippen molar-refractivity contribution < 1.29 is 0 Å². The first kappa shape index (κ1) is 13.8. The maximum Gasteiger partial charge on any atom is 0.0651 e. The first-order valence-electron chi connectivity index (χ1n) is 7.06. The predicted molar refractivity (Wildman–Crippen MR) is 79.7 cm³/mol. The molecular formula is C16H23N3. The average molecular weight is 257 g/mol. The fourth-order valence-corrected chi connectivity index (χ4v) is 2.31. The largest absolute Gasteiger partial charge is 0.328 e. The van der Waals surface area contributed by atoms with Gasteiger partial charge in [0.25, 0.3) is 0 Å². The van der Waals surface area contributed by atoms with Gasteiger partial charge in [-0.1, -0.05) is 26.0 Å². The summed E-state index contributed by atoms with van der Waals surface area (Å²) in [6.07, 6.45) is 2.86. The third-order valence-corrected chi connectivity index (χ3v) is 3.27. The van der Waals surface area contributed by atoms with Crippen molar-refractivity contribution in [2.24, 2.45) is 5.73 Å². The molecule has 102 valence electrons. The van der Waals surface area contributed by atoms with E-state index in [2.05, 4.69) is 54.0 Å². The van der Waals surface area contributed by atoms with Crippen LogP contribution in [-0.4, -0.2) is 15.8 Å².